The van der Waals surface area contributed by atoms with Crippen LogP contribution >= 0.6 is 0 Å². The molecule has 0 aliphatic rings. The normalized spacial score (nSPS) is 11.8. The van der Waals surface area contributed by atoms with E-state index >= 15 is 0 Å². The largest absolute Gasteiger partial charge is 0.219 e. The molecule has 1 aromatic carbocycles. The first-order valence-electron chi connectivity index (χ1n) is 5.45. The second kappa shape index (κ2) is 6.30. The molecule has 0 fully saturated rings. The van der Waals surface area contributed by atoms with Crippen LogP contribution in [0.2, 0.25) is 0 Å². The number of hydrogen-bond acceptors (Lipinski definition) is 4. The smallest absolute Gasteiger partial charge is 0.199 e. The summed E-state index contributed by atoms with van der Waals surface area (Å²) in [4.78, 5) is 0.222. The number of azo groups is 1. The minimum Gasteiger partial charge on any atom is -0.219 e. The van der Waals surface area contributed by atoms with Gasteiger partial charge in [0.2, 0.25) is 0 Å². The molecule has 0 aromatic heterocycles. The van der Waals surface area contributed by atoms with Crippen molar-refractivity contribution < 1.29 is 8.42 Å². The summed E-state index contributed by atoms with van der Waals surface area (Å²) in [5, 5.41) is 8.93. The molecule has 0 amide bonds. The Hall–Kier alpha value is -1.49. The Morgan fingerprint density at radius 2 is 1.94 bits per heavy atom. The summed E-state index contributed by atoms with van der Waals surface area (Å²) in [6.45, 7) is 6.06. The van der Waals surface area contributed by atoms with Gasteiger partial charge in [-0.3, -0.25) is 0 Å². The van der Waals surface area contributed by atoms with Crippen LogP contribution in [0, 0.1) is 0 Å². The highest BCUT2D eigenvalue weighted by Crippen LogP contribution is 2.18. The van der Waals surface area contributed by atoms with E-state index in [-0.39, 0.29) is 4.90 Å². The van der Waals surface area contributed by atoms with Crippen molar-refractivity contribution in [3.8, 4) is 0 Å². The molecule has 0 saturated heterocycles. The molecule has 1 aromatic rings. The summed E-state index contributed by atoms with van der Waals surface area (Å²) >= 11 is 0. The van der Waals surface area contributed by atoms with Crippen LogP contribution in [0.4, 0.5) is 5.69 Å². The van der Waals surface area contributed by atoms with Crippen molar-refractivity contribution in [1.82, 2.24) is 0 Å². The van der Waals surface area contributed by atoms with E-state index in [9.17, 15) is 8.42 Å². The van der Waals surface area contributed by atoms with Crippen molar-refractivity contribution in [2.45, 2.75) is 24.7 Å². The zero-order valence-corrected chi connectivity index (χ0v) is 10.7. The van der Waals surface area contributed by atoms with Crippen LogP contribution in [-0.4, -0.2) is 15.0 Å². The topological polar surface area (TPSA) is 58.9 Å². The maximum Gasteiger partial charge on any atom is 0.199 e. The molecule has 92 valence electrons. The maximum atomic E-state index is 11.4. The molecule has 0 radical (unpaired) electrons. The lowest BCUT2D eigenvalue weighted by Gasteiger charge is -1.98. The molecule has 0 aliphatic carbocycles. The lowest BCUT2D eigenvalue weighted by atomic mass is 10.3. The molecule has 0 heterocycles. The van der Waals surface area contributed by atoms with E-state index in [1.165, 1.54) is 12.1 Å². The first-order valence-corrected chi connectivity index (χ1v) is 7.00. The van der Waals surface area contributed by atoms with Gasteiger partial charge in [-0.15, -0.1) is 0 Å². The molecular formula is C12H16N2O2S. The highest BCUT2D eigenvalue weighted by molar-refractivity contribution is 7.94. The monoisotopic (exact) mass is 252 g/mol. The van der Waals surface area contributed by atoms with E-state index in [2.05, 4.69) is 23.7 Å². The maximum absolute atomic E-state index is 11.4. The molecule has 0 atom stereocenters. The van der Waals surface area contributed by atoms with Gasteiger partial charge in [-0.2, -0.15) is 10.2 Å². The standard InChI is InChI=1S/C12H16N2O2S/c1-3-5-10-13-14-11-6-8-12(9-7-11)17(15,16)4-2/h4,6-9H,2-3,5,10H2,1H3/b14-13+. The van der Waals surface area contributed by atoms with Crippen LogP contribution in [0.25, 0.3) is 0 Å². The minimum atomic E-state index is -3.35. The van der Waals surface area contributed by atoms with Gasteiger partial charge in [-0.25, -0.2) is 8.42 Å². The lowest BCUT2D eigenvalue weighted by molar-refractivity contribution is 0.604. The van der Waals surface area contributed by atoms with Gasteiger partial charge in [0, 0.05) is 5.41 Å². The summed E-state index contributed by atoms with van der Waals surface area (Å²) < 4.78 is 22.9. The van der Waals surface area contributed by atoms with Gasteiger partial charge in [-0.05, 0) is 30.7 Å². The van der Waals surface area contributed by atoms with Crippen LogP contribution in [0.1, 0.15) is 19.8 Å². The summed E-state index contributed by atoms with van der Waals surface area (Å²) in [5.74, 6) is 0. The number of sulfone groups is 1. The van der Waals surface area contributed by atoms with Crippen LogP contribution in [0.3, 0.4) is 0 Å². The molecule has 0 spiro atoms. The molecule has 0 N–H and O–H groups in total. The zero-order valence-electron chi connectivity index (χ0n) is 9.83. The van der Waals surface area contributed by atoms with Crippen LogP contribution in [-0.2, 0) is 9.84 Å². The van der Waals surface area contributed by atoms with E-state index in [4.69, 9.17) is 0 Å². The fourth-order valence-electron chi connectivity index (χ4n) is 1.16. The van der Waals surface area contributed by atoms with Gasteiger partial charge >= 0.3 is 0 Å². The van der Waals surface area contributed by atoms with E-state index in [1.807, 2.05) is 0 Å². The van der Waals surface area contributed by atoms with E-state index in [0.29, 0.717) is 12.2 Å². The highest BCUT2D eigenvalue weighted by Gasteiger charge is 2.08. The van der Waals surface area contributed by atoms with Gasteiger partial charge in [0.25, 0.3) is 0 Å². The van der Waals surface area contributed by atoms with Gasteiger partial charge < -0.3 is 0 Å². The van der Waals surface area contributed by atoms with Gasteiger partial charge in [-0.1, -0.05) is 19.9 Å². The van der Waals surface area contributed by atoms with Crippen LogP contribution in [0.15, 0.2) is 51.4 Å². The zero-order chi connectivity index (χ0) is 12.7. The van der Waals surface area contributed by atoms with E-state index in [1.54, 1.807) is 12.1 Å². The van der Waals surface area contributed by atoms with Crippen molar-refractivity contribution in [3.63, 3.8) is 0 Å². The third kappa shape index (κ3) is 4.11. The molecule has 0 bridgehead atoms. The quantitative estimate of drug-likeness (QED) is 0.574. The van der Waals surface area contributed by atoms with Gasteiger partial charge in [0.05, 0.1) is 17.1 Å². The van der Waals surface area contributed by atoms with E-state index < -0.39 is 9.84 Å². The Morgan fingerprint density at radius 3 is 2.47 bits per heavy atom. The Kier molecular flexibility index (Phi) is 5.03. The fourth-order valence-corrected chi connectivity index (χ4v) is 1.87. The minimum absolute atomic E-state index is 0.222. The third-order valence-electron chi connectivity index (χ3n) is 2.18. The Bertz CT molecular complexity index is 490. The van der Waals surface area contributed by atoms with Gasteiger partial charge in [0.15, 0.2) is 9.84 Å². The second-order valence-electron chi connectivity index (χ2n) is 3.52. The summed E-state index contributed by atoms with van der Waals surface area (Å²) in [6.07, 6.45) is 2.09. The molecule has 0 saturated carbocycles. The molecule has 17 heavy (non-hydrogen) atoms. The molecule has 4 nitrogen and oxygen atoms in total. The average molecular weight is 252 g/mol. The predicted molar refractivity (Wildman–Crippen MR) is 68.1 cm³/mol. The molecule has 5 heteroatoms. The first-order chi connectivity index (χ1) is 8.10. The predicted octanol–water partition coefficient (Wildman–Crippen LogP) is 3.49. The van der Waals surface area contributed by atoms with Crippen molar-refractivity contribution in [2.75, 3.05) is 6.54 Å². The third-order valence-corrected chi connectivity index (χ3v) is 3.55. The summed E-state index contributed by atoms with van der Waals surface area (Å²) in [6, 6.07) is 6.27. The molecule has 1 rings (SSSR count). The molecule has 0 aliphatic heterocycles. The SMILES string of the molecule is C=CS(=O)(=O)c1ccc(/N=N/CCCC)cc1. The van der Waals surface area contributed by atoms with Crippen molar-refractivity contribution >= 4 is 15.5 Å². The first kappa shape index (κ1) is 13.6. The van der Waals surface area contributed by atoms with Gasteiger partial charge in [0.1, 0.15) is 0 Å². The number of rotatable bonds is 6. The summed E-state index contributed by atoms with van der Waals surface area (Å²) in [7, 11) is -3.35. The summed E-state index contributed by atoms with van der Waals surface area (Å²) in [5.41, 5.74) is 0.657. The molecule has 0 unspecified atom stereocenters. The van der Waals surface area contributed by atoms with Crippen molar-refractivity contribution in [1.29, 1.82) is 0 Å². The van der Waals surface area contributed by atoms with Crippen LogP contribution in [0.5, 0.6) is 0 Å². The number of benzene rings is 1. The lowest BCUT2D eigenvalue weighted by Crippen LogP contribution is -1.94. The van der Waals surface area contributed by atoms with Crippen LogP contribution < -0.4 is 0 Å². The van der Waals surface area contributed by atoms with E-state index in [0.717, 1.165) is 18.2 Å². The second-order valence-corrected chi connectivity index (χ2v) is 5.42. The van der Waals surface area contributed by atoms with Crippen molar-refractivity contribution in [3.05, 3.63) is 36.3 Å². The number of hydrogen-bond donors (Lipinski definition) is 0. The average Bonchev–Trinajstić information content (AvgIpc) is 2.35. The fraction of sp³-hybridized carbons (Fsp3) is 0.333. The Morgan fingerprint density at radius 1 is 1.29 bits per heavy atom. The molecular weight excluding hydrogens is 236 g/mol. The number of unbranched alkanes of at least 4 members (excludes halogenated alkanes) is 1. The number of nitrogens with zero attached hydrogens (tertiary/aromatic N) is 2. The Balaban J connectivity index is 2.75. The van der Waals surface area contributed by atoms with Crippen molar-refractivity contribution in [2.24, 2.45) is 10.2 Å². The Labute approximate surface area is 102 Å². The highest BCUT2D eigenvalue weighted by atomic mass is 32.2.